The topological polar surface area (TPSA) is 41.9 Å². The highest BCUT2D eigenvalue weighted by Crippen LogP contribution is 2.36. The summed E-state index contributed by atoms with van der Waals surface area (Å²) >= 11 is 0. The molecule has 0 saturated heterocycles. The maximum absolute atomic E-state index is 4.87. The molecule has 1 saturated carbocycles. The molecule has 4 nitrogen and oxygen atoms in total. The van der Waals surface area contributed by atoms with Crippen LogP contribution in [0.2, 0.25) is 0 Å². The number of hydrogen-bond donors (Lipinski definition) is 0. The monoisotopic (exact) mass is 424 g/mol. The highest BCUT2D eigenvalue weighted by atomic mass is 15.0. The van der Waals surface area contributed by atoms with Gasteiger partial charge in [-0.3, -0.25) is 15.0 Å². The van der Waals surface area contributed by atoms with Crippen LogP contribution < -0.4 is 11.2 Å². The van der Waals surface area contributed by atoms with E-state index < -0.39 is 0 Å². The molecule has 0 bridgehead atoms. The minimum atomic E-state index is -0.0358. The zero-order valence-corrected chi connectivity index (χ0v) is 19.3. The Kier molecular flexibility index (Phi) is 7.84. The Labute approximate surface area is 192 Å². The molecular weight excluding hydrogens is 391 g/mol. The molecule has 4 rings (SSSR count). The molecule has 0 spiro atoms. The largest absolute Gasteiger partial charge is 0.309 e. The molecule has 0 amide bonds. The van der Waals surface area contributed by atoms with E-state index in [4.69, 9.17) is 15.0 Å². The Hall–Kier alpha value is -2.79. The van der Waals surface area contributed by atoms with Crippen LogP contribution in [0.3, 0.4) is 0 Å². The van der Waals surface area contributed by atoms with Crippen LogP contribution in [0.25, 0.3) is 5.47 Å². The van der Waals surface area contributed by atoms with Gasteiger partial charge in [-0.05, 0) is 81.1 Å². The van der Waals surface area contributed by atoms with Gasteiger partial charge in [0.05, 0.1) is 5.69 Å². The van der Waals surface area contributed by atoms with E-state index in [1.165, 1.54) is 37.6 Å². The first-order chi connectivity index (χ1) is 15.7. The number of rotatable bonds is 8. The van der Waals surface area contributed by atoms with Gasteiger partial charge in [0.15, 0.2) is 0 Å². The molecule has 5 heteroatoms. The van der Waals surface area contributed by atoms with Crippen molar-refractivity contribution >= 4 is 23.4 Å². The predicted molar refractivity (Wildman–Crippen MR) is 134 cm³/mol. The van der Waals surface area contributed by atoms with Crippen molar-refractivity contribution in [1.82, 2.24) is 19.9 Å². The van der Waals surface area contributed by atoms with E-state index in [9.17, 15) is 0 Å². The minimum absolute atomic E-state index is 0.0358. The Morgan fingerprint density at radius 3 is 1.91 bits per heavy atom. The van der Waals surface area contributed by atoms with Crippen LogP contribution in [0.4, 0.5) is 0 Å². The maximum Gasteiger partial charge on any atom is 0.290 e. The second-order valence-electron chi connectivity index (χ2n) is 8.98. The quantitative estimate of drug-likeness (QED) is 0.513. The second-order valence-corrected chi connectivity index (χ2v) is 8.98. The zero-order valence-electron chi connectivity index (χ0n) is 19.3. The zero-order chi connectivity index (χ0) is 22.2. The van der Waals surface area contributed by atoms with Gasteiger partial charge in [-0.1, -0.05) is 43.0 Å². The summed E-state index contributed by atoms with van der Waals surface area (Å²) in [6.45, 7) is 0.991. The van der Waals surface area contributed by atoms with Gasteiger partial charge < -0.3 is 4.90 Å². The van der Waals surface area contributed by atoms with Crippen LogP contribution in [0.15, 0.2) is 78.8 Å². The van der Waals surface area contributed by atoms with Gasteiger partial charge >= 0.3 is 0 Å². The van der Waals surface area contributed by atoms with Crippen LogP contribution in [0, 0.1) is 5.92 Å². The summed E-state index contributed by atoms with van der Waals surface area (Å²) < 4.78 is 0. The summed E-state index contributed by atoms with van der Waals surface area (Å²) in [6, 6.07) is 18.6. The summed E-state index contributed by atoms with van der Waals surface area (Å²) in [5, 5.41) is 0. The van der Waals surface area contributed by atoms with Crippen LogP contribution in [0.1, 0.15) is 44.2 Å². The highest BCUT2D eigenvalue weighted by molar-refractivity contribution is 6.98. The normalized spacial score (nSPS) is 15.5. The van der Waals surface area contributed by atoms with Crippen LogP contribution in [0.5, 0.6) is 0 Å². The Bertz CT molecular complexity index is 944. The fraction of sp³-hybridized carbons (Fsp3) is 0.370. The summed E-state index contributed by atoms with van der Waals surface area (Å²) in [5.74, 6) is 0.593. The molecule has 1 aliphatic rings. The molecule has 3 heterocycles. The number of aromatic nitrogens is 3. The Morgan fingerprint density at radius 2 is 1.41 bits per heavy atom. The molecule has 3 aromatic heterocycles. The molecule has 3 aromatic rings. The van der Waals surface area contributed by atoms with Crippen molar-refractivity contribution in [2.75, 3.05) is 20.6 Å². The van der Waals surface area contributed by atoms with Gasteiger partial charge in [0, 0.05) is 36.3 Å². The lowest BCUT2D eigenvalue weighted by atomic mass is 9.37. The highest BCUT2D eigenvalue weighted by Gasteiger charge is 2.33. The lowest BCUT2D eigenvalue weighted by molar-refractivity contribution is 0.368. The average molecular weight is 424 g/mol. The van der Waals surface area contributed by atoms with Crippen molar-refractivity contribution in [3.05, 3.63) is 84.5 Å². The average Bonchev–Trinajstić information content (AvgIpc) is 2.85. The van der Waals surface area contributed by atoms with E-state index in [2.05, 4.69) is 55.4 Å². The van der Waals surface area contributed by atoms with Crippen molar-refractivity contribution in [3.8, 4) is 0 Å². The molecule has 1 aliphatic carbocycles. The number of nitrogens with zero attached hydrogens (tertiary/aromatic N) is 4. The maximum atomic E-state index is 4.87. The fourth-order valence-corrected chi connectivity index (χ4v) is 4.91. The molecule has 0 aliphatic heterocycles. The van der Waals surface area contributed by atoms with E-state index in [1.54, 1.807) is 5.57 Å². The van der Waals surface area contributed by atoms with Crippen molar-refractivity contribution < 1.29 is 0 Å². The van der Waals surface area contributed by atoms with Gasteiger partial charge in [-0.15, -0.1) is 0 Å². The number of pyridine rings is 3. The minimum Gasteiger partial charge on any atom is -0.309 e. The van der Waals surface area contributed by atoms with Gasteiger partial charge in [0.2, 0.25) is 0 Å². The number of hydrogen-bond acceptors (Lipinski definition) is 4. The van der Waals surface area contributed by atoms with Crippen LogP contribution in [-0.2, 0) is 0 Å². The Balaban J connectivity index is 1.95. The molecule has 0 aromatic carbocycles. The van der Waals surface area contributed by atoms with E-state index in [1.807, 2.05) is 36.8 Å². The molecule has 164 valence electrons. The smallest absolute Gasteiger partial charge is 0.290 e. The summed E-state index contributed by atoms with van der Waals surface area (Å²) in [5.41, 5.74) is 5.96. The second kappa shape index (κ2) is 11.2. The molecule has 32 heavy (non-hydrogen) atoms. The van der Waals surface area contributed by atoms with Crippen molar-refractivity contribution in [2.24, 2.45) is 5.92 Å². The molecule has 0 atom stereocenters. The first-order valence-electron chi connectivity index (χ1n) is 11.8. The van der Waals surface area contributed by atoms with Crippen LogP contribution >= 0.6 is 0 Å². The molecule has 0 radical (unpaired) electrons. The summed E-state index contributed by atoms with van der Waals surface area (Å²) in [7, 11) is 4.32. The fourth-order valence-electron chi connectivity index (χ4n) is 4.91. The first kappa shape index (κ1) is 22.4. The van der Waals surface area contributed by atoms with E-state index in [-0.39, 0.29) is 6.71 Å². The van der Waals surface area contributed by atoms with Gasteiger partial charge in [0.25, 0.3) is 6.71 Å². The van der Waals surface area contributed by atoms with Gasteiger partial charge in [-0.25, -0.2) is 0 Å². The predicted octanol–water partition coefficient (Wildman–Crippen LogP) is 4.01. The third-order valence-corrected chi connectivity index (χ3v) is 6.47. The molecule has 0 N–H and O–H groups in total. The van der Waals surface area contributed by atoms with Crippen molar-refractivity contribution in [3.63, 3.8) is 0 Å². The van der Waals surface area contributed by atoms with E-state index >= 15 is 0 Å². The molecule has 0 unspecified atom stereocenters. The Morgan fingerprint density at radius 1 is 0.812 bits per heavy atom. The standard InChI is InChI=1S/C27H33BN4/c1-32(2)21-17-23(22-12-4-3-5-13-22)27(24-14-6-9-18-29-24)28(25-15-7-10-19-30-25)26-16-8-11-20-31-26/h6-11,14-16,18-20,22H,3-5,12-13,17,21H2,1-2H3/b27-23+. The lowest BCUT2D eigenvalue weighted by Gasteiger charge is -2.30. The van der Waals surface area contributed by atoms with E-state index in [0.717, 1.165) is 29.8 Å². The van der Waals surface area contributed by atoms with Crippen molar-refractivity contribution in [2.45, 2.75) is 38.5 Å². The third kappa shape index (κ3) is 5.52. The summed E-state index contributed by atoms with van der Waals surface area (Å²) in [6.07, 6.45) is 13.2. The third-order valence-electron chi connectivity index (χ3n) is 6.47. The molecular formula is C27H33BN4. The summed E-state index contributed by atoms with van der Waals surface area (Å²) in [4.78, 5) is 16.8. The lowest BCUT2D eigenvalue weighted by Crippen LogP contribution is -2.47. The van der Waals surface area contributed by atoms with E-state index in [0.29, 0.717) is 5.92 Å². The molecule has 1 fully saturated rings. The van der Waals surface area contributed by atoms with Gasteiger partial charge in [-0.2, -0.15) is 0 Å². The first-order valence-corrected chi connectivity index (χ1v) is 11.8. The van der Waals surface area contributed by atoms with Gasteiger partial charge in [0.1, 0.15) is 0 Å². The SMILES string of the molecule is CN(C)CC/C(=C(\B(c1ccccn1)c1ccccn1)c1ccccn1)C1CCCCC1. The van der Waals surface area contributed by atoms with Crippen LogP contribution in [-0.4, -0.2) is 47.2 Å². The van der Waals surface area contributed by atoms with Crippen molar-refractivity contribution in [1.29, 1.82) is 0 Å².